The number of aromatic nitrogens is 3. The van der Waals surface area contributed by atoms with Crippen molar-refractivity contribution < 1.29 is 4.74 Å². The number of benzene rings is 2. The summed E-state index contributed by atoms with van der Waals surface area (Å²) >= 11 is 11.9. The van der Waals surface area contributed by atoms with Crippen LogP contribution in [0.1, 0.15) is 0 Å². The van der Waals surface area contributed by atoms with E-state index in [4.69, 9.17) is 27.9 Å². The maximum atomic E-state index is 6.00. The summed E-state index contributed by atoms with van der Waals surface area (Å²) in [6.45, 7) is 0. The predicted octanol–water partition coefficient (Wildman–Crippen LogP) is 5.80. The van der Waals surface area contributed by atoms with Crippen molar-refractivity contribution in [1.82, 2.24) is 15.0 Å². The van der Waals surface area contributed by atoms with Crippen molar-refractivity contribution in [3.63, 3.8) is 0 Å². The number of halogens is 2. The van der Waals surface area contributed by atoms with Crippen molar-refractivity contribution >= 4 is 45.7 Å². The van der Waals surface area contributed by atoms with Gasteiger partial charge in [-0.3, -0.25) is 0 Å². The number of hydrogen-bond acceptors (Lipinski definition) is 4. The third-order valence-corrected chi connectivity index (χ3v) is 4.34. The molecular weight excluding hydrogens is 359 g/mol. The molecule has 0 aliphatic carbocycles. The Kier molecular flexibility index (Phi) is 4.17. The van der Waals surface area contributed by atoms with Crippen LogP contribution in [0.4, 0.5) is 11.5 Å². The lowest BCUT2D eigenvalue weighted by molar-refractivity contribution is 0.483. The van der Waals surface area contributed by atoms with E-state index in [9.17, 15) is 0 Å². The van der Waals surface area contributed by atoms with Gasteiger partial charge in [0, 0.05) is 18.0 Å². The summed E-state index contributed by atoms with van der Waals surface area (Å²) in [5.41, 5.74) is 1.68. The van der Waals surface area contributed by atoms with Gasteiger partial charge in [0.1, 0.15) is 29.3 Å². The fourth-order valence-corrected chi connectivity index (χ4v) is 2.68. The molecule has 0 fully saturated rings. The highest BCUT2D eigenvalue weighted by atomic mass is 35.5. The van der Waals surface area contributed by atoms with Gasteiger partial charge in [0.05, 0.1) is 15.4 Å². The SMILES string of the molecule is Clc1ccc(Oc2ccc(Nc3ncnc4[nH]ccc34)cc2)cc1Cl. The molecule has 0 radical (unpaired) electrons. The average molecular weight is 371 g/mol. The number of H-pyrrole nitrogens is 1. The summed E-state index contributed by atoms with van der Waals surface area (Å²) in [5, 5.41) is 5.15. The second kappa shape index (κ2) is 6.63. The van der Waals surface area contributed by atoms with E-state index in [1.165, 1.54) is 6.33 Å². The van der Waals surface area contributed by atoms with E-state index in [0.717, 1.165) is 22.5 Å². The monoisotopic (exact) mass is 370 g/mol. The number of anilines is 2. The van der Waals surface area contributed by atoms with Crippen LogP contribution >= 0.6 is 23.2 Å². The number of ether oxygens (including phenoxy) is 1. The molecule has 25 heavy (non-hydrogen) atoms. The lowest BCUT2D eigenvalue weighted by atomic mass is 10.3. The summed E-state index contributed by atoms with van der Waals surface area (Å²) in [5.74, 6) is 2.06. The third kappa shape index (κ3) is 3.38. The van der Waals surface area contributed by atoms with Crippen LogP contribution in [0.5, 0.6) is 11.5 Å². The normalized spacial score (nSPS) is 10.8. The fraction of sp³-hybridized carbons (Fsp3) is 0. The lowest BCUT2D eigenvalue weighted by Crippen LogP contribution is -1.95. The highest BCUT2D eigenvalue weighted by Crippen LogP contribution is 2.30. The molecular formula is C18H12Cl2N4O. The molecule has 2 N–H and O–H groups in total. The van der Waals surface area contributed by atoms with Gasteiger partial charge in [0.2, 0.25) is 0 Å². The predicted molar refractivity (Wildman–Crippen MR) is 100 cm³/mol. The van der Waals surface area contributed by atoms with Crippen molar-refractivity contribution in [1.29, 1.82) is 0 Å². The van der Waals surface area contributed by atoms with E-state index in [0.29, 0.717) is 21.5 Å². The molecule has 0 atom stereocenters. The lowest BCUT2D eigenvalue weighted by Gasteiger charge is -2.09. The van der Waals surface area contributed by atoms with E-state index < -0.39 is 0 Å². The Morgan fingerprint density at radius 2 is 1.68 bits per heavy atom. The quantitative estimate of drug-likeness (QED) is 0.476. The minimum atomic E-state index is 0.455. The van der Waals surface area contributed by atoms with E-state index in [2.05, 4.69) is 20.3 Å². The first-order chi connectivity index (χ1) is 12.2. The van der Waals surface area contributed by atoms with E-state index >= 15 is 0 Å². The second-order valence-corrected chi connectivity index (χ2v) is 6.10. The van der Waals surface area contributed by atoms with Crippen molar-refractivity contribution in [3.05, 3.63) is 71.1 Å². The maximum Gasteiger partial charge on any atom is 0.143 e. The number of nitrogens with one attached hydrogen (secondary N) is 2. The minimum Gasteiger partial charge on any atom is -0.457 e. The Labute approximate surface area is 153 Å². The zero-order valence-corrected chi connectivity index (χ0v) is 14.3. The average Bonchev–Trinajstić information content (AvgIpc) is 3.10. The summed E-state index contributed by atoms with van der Waals surface area (Å²) in [4.78, 5) is 11.5. The number of hydrogen-bond donors (Lipinski definition) is 2. The summed E-state index contributed by atoms with van der Waals surface area (Å²) in [7, 11) is 0. The number of aromatic amines is 1. The maximum absolute atomic E-state index is 6.00. The third-order valence-electron chi connectivity index (χ3n) is 3.60. The van der Waals surface area contributed by atoms with Gasteiger partial charge in [0.25, 0.3) is 0 Å². The van der Waals surface area contributed by atoms with Crippen molar-refractivity contribution in [2.45, 2.75) is 0 Å². The Bertz CT molecular complexity index is 1030. The van der Waals surface area contributed by atoms with Crippen molar-refractivity contribution in [2.24, 2.45) is 0 Å². The van der Waals surface area contributed by atoms with Gasteiger partial charge in [-0.25, -0.2) is 9.97 Å². The van der Waals surface area contributed by atoms with Gasteiger partial charge in [-0.1, -0.05) is 23.2 Å². The highest BCUT2D eigenvalue weighted by molar-refractivity contribution is 6.42. The molecule has 0 bridgehead atoms. The van der Waals surface area contributed by atoms with Crippen LogP contribution < -0.4 is 10.1 Å². The molecule has 0 spiro atoms. The molecule has 0 saturated heterocycles. The Morgan fingerprint density at radius 3 is 2.48 bits per heavy atom. The fourth-order valence-electron chi connectivity index (χ4n) is 2.39. The smallest absolute Gasteiger partial charge is 0.143 e. The van der Waals surface area contributed by atoms with Gasteiger partial charge in [-0.15, -0.1) is 0 Å². The van der Waals surface area contributed by atoms with E-state index in [-0.39, 0.29) is 0 Å². The minimum absolute atomic E-state index is 0.455. The Hall–Kier alpha value is -2.76. The van der Waals surface area contributed by atoms with Crippen LogP contribution in [0.15, 0.2) is 61.1 Å². The molecule has 5 nitrogen and oxygen atoms in total. The largest absolute Gasteiger partial charge is 0.457 e. The molecule has 2 heterocycles. The first-order valence-corrected chi connectivity index (χ1v) is 8.23. The molecule has 0 aliphatic heterocycles. The van der Waals surface area contributed by atoms with Crippen molar-refractivity contribution in [3.8, 4) is 11.5 Å². The van der Waals surface area contributed by atoms with Crippen LogP contribution in [0, 0.1) is 0 Å². The number of rotatable bonds is 4. The summed E-state index contributed by atoms with van der Waals surface area (Å²) < 4.78 is 5.78. The van der Waals surface area contributed by atoms with Crippen molar-refractivity contribution in [2.75, 3.05) is 5.32 Å². The van der Waals surface area contributed by atoms with E-state index in [1.807, 2.05) is 36.5 Å². The molecule has 0 aliphatic rings. The summed E-state index contributed by atoms with van der Waals surface area (Å²) in [6, 6.07) is 14.6. The second-order valence-electron chi connectivity index (χ2n) is 5.29. The van der Waals surface area contributed by atoms with Crippen LogP contribution in [0.25, 0.3) is 11.0 Å². The molecule has 0 unspecified atom stereocenters. The highest BCUT2D eigenvalue weighted by Gasteiger charge is 2.06. The zero-order chi connectivity index (χ0) is 17.2. The van der Waals surface area contributed by atoms with Crippen LogP contribution in [-0.2, 0) is 0 Å². The van der Waals surface area contributed by atoms with Gasteiger partial charge in [-0.2, -0.15) is 0 Å². The Morgan fingerprint density at radius 1 is 0.880 bits per heavy atom. The molecule has 0 saturated carbocycles. The Balaban J connectivity index is 1.52. The van der Waals surface area contributed by atoms with Gasteiger partial charge in [-0.05, 0) is 42.5 Å². The number of fused-ring (bicyclic) bond motifs is 1. The topological polar surface area (TPSA) is 62.8 Å². The molecule has 2 aromatic carbocycles. The molecule has 0 amide bonds. The molecule has 7 heteroatoms. The first kappa shape index (κ1) is 15.7. The van der Waals surface area contributed by atoms with Gasteiger partial charge in [0.15, 0.2) is 0 Å². The molecule has 124 valence electrons. The summed E-state index contributed by atoms with van der Waals surface area (Å²) in [6.07, 6.45) is 3.35. The van der Waals surface area contributed by atoms with Crippen LogP contribution in [0.3, 0.4) is 0 Å². The van der Waals surface area contributed by atoms with E-state index in [1.54, 1.807) is 18.2 Å². The van der Waals surface area contributed by atoms with Crippen LogP contribution in [-0.4, -0.2) is 15.0 Å². The molecule has 4 rings (SSSR count). The van der Waals surface area contributed by atoms with Gasteiger partial charge < -0.3 is 15.0 Å². The first-order valence-electron chi connectivity index (χ1n) is 7.47. The van der Waals surface area contributed by atoms with Gasteiger partial charge >= 0.3 is 0 Å². The number of nitrogens with zero attached hydrogens (tertiary/aromatic N) is 2. The van der Waals surface area contributed by atoms with Crippen LogP contribution in [0.2, 0.25) is 10.0 Å². The standard InChI is InChI=1S/C18H12Cl2N4O/c19-15-6-5-13(9-16(15)20)25-12-3-1-11(2-4-12)24-18-14-7-8-21-17(14)22-10-23-18/h1-10H,(H2,21,22,23,24). The zero-order valence-electron chi connectivity index (χ0n) is 12.8. The molecule has 2 aromatic heterocycles. The molecule has 4 aromatic rings.